The molecule has 1 heterocycles. The summed E-state index contributed by atoms with van der Waals surface area (Å²) in [6.07, 6.45) is 10.0. The molecule has 1 aliphatic carbocycles. The summed E-state index contributed by atoms with van der Waals surface area (Å²) < 4.78 is 0. The van der Waals surface area contributed by atoms with Gasteiger partial charge in [0.05, 0.1) is 0 Å². The summed E-state index contributed by atoms with van der Waals surface area (Å²) in [5.41, 5.74) is 2.82. The number of aliphatic hydroxyl groups excluding tert-OH is 2. The molecule has 1 aliphatic rings. The van der Waals surface area contributed by atoms with Crippen molar-refractivity contribution in [3.05, 3.63) is 47.8 Å². The van der Waals surface area contributed by atoms with Gasteiger partial charge in [-0.2, -0.15) is 6.08 Å². The second kappa shape index (κ2) is 15.6. The Kier molecular flexibility index (Phi) is 18.2. The van der Waals surface area contributed by atoms with Gasteiger partial charge in [-0.05, 0) is 19.3 Å². The van der Waals surface area contributed by atoms with Crippen LogP contribution in [0.5, 0.6) is 0 Å². The molecule has 3 nitrogen and oxygen atoms in total. The quantitative estimate of drug-likeness (QED) is 0.449. The zero-order valence-corrected chi connectivity index (χ0v) is 18.9. The van der Waals surface area contributed by atoms with E-state index in [-0.39, 0.29) is 45.8 Å². The van der Waals surface area contributed by atoms with Crippen LogP contribution in [0.4, 0.5) is 0 Å². The summed E-state index contributed by atoms with van der Waals surface area (Å²) in [5, 5.41) is 15.1. The zero-order valence-electron chi connectivity index (χ0n) is 17.3. The maximum absolute atomic E-state index is 7.57. The second-order valence-electron chi connectivity index (χ2n) is 7.34. The number of aromatic amines is 1. The van der Waals surface area contributed by atoms with Gasteiger partial charge < -0.3 is 15.2 Å². The molecule has 0 spiro atoms. The fraction of sp³-hybridized carbons (Fsp3) is 0.619. The molecule has 0 unspecified atom stereocenters. The van der Waals surface area contributed by atoms with E-state index in [9.17, 15) is 0 Å². The number of allylic oxidation sites excluding steroid dienone is 4. The van der Waals surface area contributed by atoms with Gasteiger partial charge in [-0.25, -0.2) is 24.3 Å². The van der Waals surface area contributed by atoms with E-state index in [1.54, 1.807) is 13.8 Å². The summed E-state index contributed by atoms with van der Waals surface area (Å²) in [6.45, 7) is 17.1. The van der Waals surface area contributed by atoms with Crippen molar-refractivity contribution in [3.8, 4) is 0 Å². The van der Waals surface area contributed by atoms with Crippen molar-refractivity contribution in [2.75, 3.05) is 13.2 Å². The first-order chi connectivity index (χ1) is 11.0. The van der Waals surface area contributed by atoms with Crippen LogP contribution < -0.4 is 0 Å². The van der Waals surface area contributed by atoms with E-state index in [4.69, 9.17) is 10.2 Å². The van der Waals surface area contributed by atoms with Crippen LogP contribution in [0.2, 0.25) is 0 Å². The molecular weight excluding hydrogens is 346 g/mol. The minimum Gasteiger partial charge on any atom is -0.454 e. The molecule has 3 N–H and O–H groups in total. The molecule has 0 bridgehead atoms. The summed E-state index contributed by atoms with van der Waals surface area (Å²) >= 11 is 0. The van der Waals surface area contributed by atoms with Gasteiger partial charge in [0.1, 0.15) is 0 Å². The van der Waals surface area contributed by atoms with E-state index in [1.807, 2.05) is 12.2 Å². The summed E-state index contributed by atoms with van der Waals surface area (Å²) in [7, 11) is 0. The van der Waals surface area contributed by atoms with Crippen LogP contribution in [0.15, 0.2) is 24.3 Å². The van der Waals surface area contributed by atoms with Crippen LogP contribution >= 0.6 is 0 Å². The maximum Gasteiger partial charge on any atom is 2.00 e. The molecule has 0 aromatic carbocycles. The molecule has 0 atom stereocenters. The SMILES string of the molecule is CC(C)(C)c1[c-]cc(C(C)(C)C)[nH]1.CCO.CCO.[C-]1=CC=CC1.[Ti+2]. The van der Waals surface area contributed by atoms with Crippen molar-refractivity contribution in [1.29, 1.82) is 0 Å². The number of nitrogens with one attached hydrogen (secondary N) is 1. The predicted octanol–water partition coefficient (Wildman–Crippen LogP) is 4.71. The van der Waals surface area contributed by atoms with Gasteiger partial charge in [-0.1, -0.05) is 52.7 Å². The third-order valence-corrected chi connectivity index (χ3v) is 2.76. The van der Waals surface area contributed by atoms with Gasteiger partial charge in [-0.3, -0.25) is 6.08 Å². The van der Waals surface area contributed by atoms with Gasteiger partial charge in [0.2, 0.25) is 0 Å². The van der Waals surface area contributed by atoms with E-state index in [2.05, 4.69) is 70.8 Å². The smallest absolute Gasteiger partial charge is 0.454 e. The average molecular weight is 383 g/mol. The fourth-order valence-electron chi connectivity index (χ4n) is 1.50. The number of aromatic nitrogens is 1. The minimum absolute atomic E-state index is 0. The molecule has 0 saturated heterocycles. The van der Waals surface area contributed by atoms with Crippen LogP contribution in [0, 0.1) is 12.1 Å². The number of aliphatic hydroxyl groups is 2. The number of hydrogen-bond acceptors (Lipinski definition) is 2. The van der Waals surface area contributed by atoms with Crippen LogP contribution in [0.3, 0.4) is 0 Å². The van der Waals surface area contributed by atoms with E-state index in [1.165, 1.54) is 11.4 Å². The Bertz CT molecular complexity index is 422. The Morgan fingerprint density at radius 3 is 1.64 bits per heavy atom. The predicted molar refractivity (Wildman–Crippen MR) is 104 cm³/mol. The molecule has 1 aromatic rings. The molecule has 25 heavy (non-hydrogen) atoms. The summed E-state index contributed by atoms with van der Waals surface area (Å²) in [5.74, 6) is 0. The Labute approximate surface area is 170 Å². The second-order valence-corrected chi connectivity index (χ2v) is 7.34. The number of H-pyrrole nitrogens is 1. The van der Waals surface area contributed by atoms with Gasteiger partial charge in [0.25, 0.3) is 0 Å². The van der Waals surface area contributed by atoms with Crippen molar-refractivity contribution in [2.45, 2.75) is 72.6 Å². The molecule has 0 aliphatic heterocycles. The van der Waals surface area contributed by atoms with Gasteiger partial charge in [-0.15, -0.1) is 12.1 Å². The molecule has 2 rings (SSSR count). The van der Waals surface area contributed by atoms with Crippen LogP contribution in [0.25, 0.3) is 0 Å². The van der Waals surface area contributed by atoms with Crippen molar-refractivity contribution in [1.82, 2.24) is 4.98 Å². The van der Waals surface area contributed by atoms with E-state index >= 15 is 0 Å². The Morgan fingerprint density at radius 2 is 1.48 bits per heavy atom. The topological polar surface area (TPSA) is 56.2 Å². The summed E-state index contributed by atoms with van der Waals surface area (Å²) in [6, 6.07) is 5.37. The molecule has 0 saturated carbocycles. The minimum atomic E-state index is 0. The molecule has 0 radical (unpaired) electrons. The van der Waals surface area contributed by atoms with Crippen molar-refractivity contribution >= 4 is 0 Å². The molecule has 1 aromatic heterocycles. The number of hydrogen-bond donors (Lipinski definition) is 3. The molecule has 142 valence electrons. The Balaban J connectivity index is -0.000000333. The Hall–Kier alpha value is -0.606. The molecule has 4 heteroatoms. The van der Waals surface area contributed by atoms with Crippen LogP contribution in [-0.2, 0) is 32.5 Å². The first-order valence-electron chi connectivity index (χ1n) is 8.59. The van der Waals surface area contributed by atoms with Crippen molar-refractivity contribution < 1.29 is 31.9 Å². The average Bonchev–Trinajstić information content (AvgIpc) is 3.14. The molecular formula is C21H37NO2Ti. The zero-order chi connectivity index (χ0) is 19.2. The first kappa shape index (κ1) is 29.2. The van der Waals surface area contributed by atoms with E-state index in [0.717, 1.165) is 6.42 Å². The summed E-state index contributed by atoms with van der Waals surface area (Å²) in [4.78, 5) is 3.44. The third-order valence-electron chi connectivity index (χ3n) is 2.76. The maximum atomic E-state index is 7.57. The fourth-order valence-corrected chi connectivity index (χ4v) is 1.50. The standard InChI is InChI=1S/C12H20N.C5H5.2C2H6O.Ti/c1-11(2,3)9-7-8-10(13-9)12(4,5)6;1-2-4-5-3-1;2*1-2-3;/h7,13H,1-6H3;1-3H,4H2;2*3H,2H2,1H3;/q2*-1;;;+2. The van der Waals surface area contributed by atoms with Gasteiger partial charge in [0, 0.05) is 13.2 Å². The molecule has 0 amide bonds. The van der Waals surface area contributed by atoms with E-state index < -0.39 is 0 Å². The number of rotatable bonds is 0. The van der Waals surface area contributed by atoms with Gasteiger partial charge in [0.15, 0.2) is 0 Å². The largest absolute Gasteiger partial charge is 2.00 e. The van der Waals surface area contributed by atoms with Crippen molar-refractivity contribution in [3.63, 3.8) is 0 Å². The van der Waals surface area contributed by atoms with Gasteiger partial charge >= 0.3 is 21.7 Å². The van der Waals surface area contributed by atoms with Crippen molar-refractivity contribution in [2.24, 2.45) is 0 Å². The normalized spacial score (nSPS) is 11.9. The third kappa shape index (κ3) is 16.6. The Morgan fingerprint density at radius 1 is 1.00 bits per heavy atom. The van der Waals surface area contributed by atoms with Crippen LogP contribution in [-0.4, -0.2) is 28.4 Å². The van der Waals surface area contributed by atoms with E-state index in [0.29, 0.717) is 0 Å². The molecule has 0 fully saturated rings. The monoisotopic (exact) mass is 383 g/mol. The van der Waals surface area contributed by atoms with Crippen LogP contribution in [0.1, 0.15) is 73.2 Å². The first-order valence-corrected chi connectivity index (χ1v) is 8.59.